The summed E-state index contributed by atoms with van der Waals surface area (Å²) in [5.74, 6) is 0.860. The Labute approximate surface area is 169 Å². The minimum atomic E-state index is -3.13. The molecule has 3 rings (SSSR count). The van der Waals surface area contributed by atoms with Crippen LogP contribution in [0.3, 0.4) is 0 Å². The van der Waals surface area contributed by atoms with Gasteiger partial charge in [0.25, 0.3) is 5.91 Å². The second-order valence-electron chi connectivity index (χ2n) is 6.65. The summed E-state index contributed by atoms with van der Waals surface area (Å²) in [6.45, 7) is 0.0619. The summed E-state index contributed by atoms with van der Waals surface area (Å²) < 4.78 is 34.7. The number of hydrogen-bond acceptors (Lipinski definition) is 5. The molecule has 0 spiro atoms. The van der Waals surface area contributed by atoms with Crippen molar-refractivity contribution in [3.05, 3.63) is 59.1 Å². The lowest BCUT2D eigenvalue weighted by atomic mass is 10.1. The van der Waals surface area contributed by atoms with Crippen LogP contribution >= 0.6 is 11.6 Å². The van der Waals surface area contributed by atoms with Gasteiger partial charge in [0.2, 0.25) is 0 Å². The Morgan fingerprint density at radius 3 is 2.68 bits per heavy atom. The molecule has 0 saturated carbocycles. The Morgan fingerprint density at radius 2 is 2.00 bits per heavy atom. The summed E-state index contributed by atoms with van der Waals surface area (Å²) in [6.07, 6.45) is 0.421. The van der Waals surface area contributed by atoms with E-state index in [0.717, 1.165) is 5.56 Å². The largest absolute Gasteiger partial charge is 0.497 e. The molecule has 1 aliphatic rings. The molecule has 0 radical (unpaired) electrons. The lowest BCUT2D eigenvalue weighted by Crippen LogP contribution is -2.43. The van der Waals surface area contributed by atoms with Gasteiger partial charge in [-0.2, -0.15) is 0 Å². The Kier molecular flexibility index (Phi) is 6.46. The van der Waals surface area contributed by atoms with E-state index >= 15 is 0 Å². The molecule has 1 amide bonds. The van der Waals surface area contributed by atoms with Crippen molar-refractivity contribution in [3.63, 3.8) is 0 Å². The number of hydrogen-bond donors (Lipinski definition) is 0. The van der Waals surface area contributed by atoms with Crippen LogP contribution in [-0.4, -0.2) is 50.5 Å². The van der Waals surface area contributed by atoms with Crippen molar-refractivity contribution in [2.24, 2.45) is 0 Å². The van der Waals surface area contributed by atoms with E-state index in [1.807, 2.05) is 24.3 Å². The Hall–Kier alpha value is -2.25. The van der Waals surface area contributed by atoms with Crippen molar-refractivity contribution in [1.29, 1.82) is 0 Å². The predicted octanol–water partition coefficient (Wildman–Crippen LogP) is 2.94. The first kappa shape index (κ1) is 20.5. The van der Waals surface area contributed by atoms with Gasteiger partial charge >= 0.3 is 0 Å². The molecule has 1 heterocycles. The third-order valence-corrected chi connectivity index (χ3v) is 6.71. The van der Waals surface area contributed by atoms with Crippen LogP contribution in [0.1, 0.15) is 12.0 Å². The average molecular weight is 424 g/mol. The lowest BCUT2D eigenvalue weighted by Gasteiger charge is -2.28. The molecule has 1 atom stereocenters. The highest BCUT2D eigenvalue weighted by atomic mass is 35.5. The Balaban J connectivity index is 1.77. The SMILES string of the molecule is COc1cccc(CN(C(=O)COc2ccccc2Cl)[C@@H]2CCS(=O)(=O)C2)c1. The molecule has 0 aromatic heterocycles. The minimum absolute atomic E-state index is 0.0329. The van der Waals surface area contributed by atoms with Gasteiger partial charge in [-0.1, -0.05) is 35.9 Å². The first-order valence-electron chi connectivity index (χ1n) is 8.88. The van der Waals surface area contributed by atoms with E-state index in [-0.39, 0.29) is 36.6 Å². The summed E-state index contributed by atoms with van der Waals surface area (Å²) in [6, 6.07) is 13.9. The highest BCUT2D eigenvalue weighted by Gasteiger charge is 2.34. The van der Waals surface area contributed by atoms with E-state index < -0.39 is 9.84 Å². The van der Waals surface area contributed by atoms with Crippen LogP contribution in [0.15, 0.2) is 48.5 Å². The zero-order valence-electron chi connectivity index (χ0n) is 15.5. The molecule has 2 aromatic rings. The maximum atomic E-state index is 12.9. The molecule has 2 aromatic carbocycles. The van der Waals surface area contributed by atoms with Crippen molar-refractivity contribution in [3.8, 4) is 11.5 Å². The van der Waals surface area contributed by atoms with Crippen molar-refractivity contribution in [2.45, 2.75) is 19.0 Å². The number of sulfone groups is 1. The molecule has 1 fully saturated rings. The maximum absolute atomic E-state index is 12.9. The van der Waals surface area contributed by atoms with E-state index in [1.165, 1.54) is 0 Å². The smallest absolute Gasteiger partial charge is 0.261 e. The van der Waals surface area contributed by atoms with Crippen molar-refractivity contribution in [2.75, 3.05) is 25.2 Å². The molecule has 28 heavy (non-hydrogen) atoms. The van der Waals surface area contributed by atoms with Gasteiger partial charge in [0, 0.05) is 12.6 Å². The molecular formula is C20H22ClNO5S. The van der Waals surface area contributed by atoms with Gasteiger partial charge in [-0.15, -0.1) is 0 Å². The topological polar surface area (TPSA) is 72.9 Å². The molecule has 0 N–H and O–H groups in total. The number of nitrogens with zero attached hydrogens (tertiary/aromatic N) is 1. The average Bonchev–Trinajstić information content (AvgIpc) is 3.05. The van der Waals surface area contributed by atoms with Gasteiger partial charge in [0.05, 0.1) is 23.6 Å². The Morgan fingerprint density at radius 1 is 1.21 bits per heavy atom. The van der Waals surface area contributed by atoms with Crippen molar-refractivity contribution < 1.29 is 22.7 Å². The van der Waals surface area contributed by atoms with Gasteiger partial charge < -0.3 is 14.4 Å². The standard InChI is InChI=1S/C20H22ClNO5S/c1-26-17-6-4-5-15(11-17)12-22(16-9-10-28(24,25)14-16)20(23)13-27-19-8-3-2-7-18(19)21/h2-8,11,16H,9-10,12-14H2,1H3/t16-/m1/s1. The fourth-order valence-electron chi connectivity index (χ4n) is 3.19. The molecular weight excluding hydrogens is 402 g/mol. The van der Waals surface area contributed by atoms with Gasteiger partial charge in [0.15, 0.2) is 16.4 Å². The summed E-state index contributed by atoms with van der Waals surface area (Å²) in [7, 11) is -1.56. The number of amides is 1. The first-order chi connectivity index (χ1) is 13.4. The van der Waals surface area contributed by atoms with Gasteiger partial charge in [-0.3, -0.25) is 4.79 Å². The monoisotopic (exact) mass is 423 g/mol. The second-order valence-corrected chi connectivity index (χ2v) is 9.29. The van der Waals surface area contributed by atoms with Gasteiger partial charge in [-0.05, 0) is 36.2 Å². The number of ether oxygens (including phenoxy) is 2. The van der Waals surface area contributed by atoms with Crippen LogP contribution in [0.4, 0.5) is 0 Å². The summed E-state index contributed by atoms with van der Waals surface area (Å²) >= 11 is 6.07. The predicted molar refractivity (Wildman–Crippen MR) is 108 cm³/mol. The molecule has 8 heteroatoms. The van der Waals surface area contributed by atoms with Crippen LogP contribution in [-0.2, 0) is 21.2 Å². The highest BCUT2D eigenvalue weighted by Crippen LogP contribution is 2.25. The number of carbonyl (C=O) groups is 1. The van der Waals surface area contributed by atoms with Crippen molar-refractivity contribution in [1.82, 2.24) is 4.90 Å². The van der Waals surface area contributed by atoms with E-state index in [9.17, 15) is 13.2 Å². The van der Waals surface area contributed by atoms with Crippen LogP contribution in [0.5, 0.6) is 11.5 Å². The van der Waals surface area contributed by atoms with E-state index in [4.69, 9.17) is 21.1 Å². The van der Waals surface area contributed by atoms with Crippen LogP contribution < -0.4 is 9.47 Å². The maximum Gasteiger partial charge on any atom is 0.261 e. The van der Waals surface area contributed by atoms with E-state index in [1.54, 1.807) is 36.3 Å². The Bertz CT molecular complexity index is 947. The van der Waals surface area contributed by atoms with Crippen LogP contribution in [0.25, 0.3) is 0 Å². The number of rotatable bonds is 7. The van der Waals surface area contributed by atoms with Gasteiger partial charge in [-0.25, -0.2) is 8.42 Å². The molecule has 0 bridgehead atoms. The fourth-order valence-corrected chi connectivity index (χ4v) is 5.11. The molecule has 0 unspecified atom stereocenters. The summed E-state index contributed by atoms with van der Waals surface area (Å²) in [5, 5.41) is 0.415. The van der Waals surface area contributed by atoms with Gasteiger partial charge in [0.1, 0.15) is 11.5 Å². The molecule has 1 aliphatic heterocycles. The normalized spacial score (nSPS) is 17.9. The quantitative estimate of drug-likeness (QED) is 0.684. The lowest BCUT2D eigenvalue weighted by molar-refractivity contribution is -0.136. The first-order valence-corrected chi connectivity index (χ1v) is 11.1. The number of para-hydroxylation sites is 1. The third kappa shape index (κ3) is 5.17. The van der Waals surface area contributed by atoms with E-state index in [2.05, 4.69) is 0 Å². The number of methoxy groups -OCH3 is 1. The van der Waals surface area contributed by atoms with Crippen LogP contribution in [0, 0.1) is 0 Å². The zero-order valence-corrected chi connectivity index (χ0v) is 17.1. The minimum Gasteiger partial charge on any atom is -0.497 e. The number of halogens is 1. The fraction of sp³-hybridized carbons (Fsp3) is 0.350. The molecule has 150 valence electrons. The number of benzene rings is 2. The number of carbonyl (C=O) groups excluding carboxylic acids is 1. The molecule has 1 saturated heterocycles. The third-order valence-electron chi connectivity index (χ3n) is 4.64. The second kappa shape index (κ2) is 8.84. The van der Waals surface area contributed by atoms with Crippen molar-refractivity contribution >= 4 is 27.3 Å². The molecule has 6 nitrogen and oxygen atoms in total. The summed E-state index contributed by atoms with van der Waals surface area (Å²) in [4.78, 5) is 14.5. The zero-order chi connectivity index (χ0) is 20.1. The van der Waals surface area contributed by atoms with Crippen LogP contribution in [0.2, 0.25) is 5.02 Å². The highest BCUT2D eigenvalue weighted by molar-refractivity contribution is 7.91. The van der Waals surface area contributed by atoms with E-state index in [0.29, 0.717) is 22.9 Å². The summed E-state index contributed by atoms with van der Waals surface area (Å²) in [5.41, 5.74) is 0.856. The molecule has 0 aliphatic carbocycles.